The van der Waals surface area contributed by atoms with Crippen molar-refractivity contribution in [3.8, 4) is 0 Å². The molecule has 156 valence electrons. The van der Waals surface area contributed by atoms with Gasteiger partial charge in [0.1, 0.15) is 11.5 Å². The lowest BCUT2D eigenvalue weighted by Gasteiger charge is -2.29. The minimum absolute atomic E-state index is 0.0235. The minimum atomic E-state index is 0.0235. The Morgan fingerprint density at radius 3 is 2.73 bits per heavy atom. The van der Waals surface area contributed by atoms with Crippen molar-refractivity contribution in [2.24, 2.45) is 0 Å². The molecule has 8 heteroatoms. The first-order chi connectivity index (χ1) is 14.7. The average Bonchev–Trinajstić information content (AvgIpc) is 3.29. The van der Waals surface area contributed by atoms with E-state index in [2.05, 4.69) is 25.5 Å². The first-order valence-electron chi connectivity index (χ1n) is 10.8. The van der Waals surface area contributed by atoms with Crippen LogP contribution in [0, 0.1) is 6.92 Å². The Labute approximate surface area is 175 Å². The lowest BCUT2D eigenvalue weighted by Crippen LogP contribution is -2.43. The van der Waals surface area contributed by atoms with Crippen LogP contribution in [0.2, 0.25) is 0 Å². The van der Waals surface area contributed by atoms with E-state index in [9.17, 15) is 4.79 Å². The second kappa shape index (κ2) is 8.02. The summed E-state index contributed by atoms with van der Waals surface area (Å²) in [7, 11) is 0. The normalized spacial score (nSPS) is 17.6. The third-order valence-electron chi connectivity index (χ3n) is 6.15. The molecule has 0 aromatic carbocycles. The smallest absolute Gasteiger partial charge is 0.252 e. The number of rotatable bonds is 4. The molecule has 0 amide bonds. The number of hydrogen-bond donors (Lipinski definition) is 2. The standard InChI is InChI=1S/C22H27N7O/c1-15-12-20(30)29(16-4-2-3-5-16)21-18(15)14-25-22(27-21)26-19-13-17(6-7-24-19)28-10-8-23-9-11-28/h6-7,12-14,16,23H,2-5,8-11H2,1H3,(H,24,25,26,27). The summed E-state index contributed by atoms with van der Waals surface area (Å²) in [6, 6.07) is 5.98. The molecule has 1 aliphatic heterocycles. The van der Waals surface area contributed by atoms with Gasteiger partial charge in [0, 0.05) is 67.8 Å². The molecule has 2 aliphatic rings. The van der Waals surface area contributed by atoms with Crippen LogP contribution in [0.1, 0.15) is 37.3 Å². The van der Waals surface area contributed by atoms with Crippen LogP contribution in [-0.4, -0.2) is 45.7 Å². The van der Waals surface area contributed by atoms with E-state index in [1.54, 1.807) is 12.3 Å². The molecule has 1 aliphatic carbocycles. The predicted octanol–water partition coefficient (Wildman–Crippen LogP) is 2.76. The number of aromatic nitrogens is 4. The zero-order valence-corrected chi connectivity index (χ0v) is 17.3. The van der Waals surface area contributed by atoms with E-state index in [0.29, 0.717) is 17.4 Å². The van der Waals surface area contributed by atoms with E-state index in [-0.39, 0.29) is 11.6 Å². The molecule has 1 saturated heterocycles. The highest BCUT2D eigenvalue weighted by Gasteiger charge is 2.21. The number of piperazine rings is 1. The molecule has 0 bridgehead atoms. The van der Waals surface area contributed by atoms with Gasteiger partial charge in [-0.3, -0.25) is 9.36 Å². The Morgan fingerprint density at radius 2 is 1.93 bits per heavy atom. The number of nitrogens with zero attached hydrogens (tertiary/aromatic N) is 5. The molecular formula is C22H27N7O. The van der Waals surface area contributed by atoms with Crippen molar-refractivity contribution in [2.75, 3.05) is 36.4 Å². The van der Waals surface area contributed by atoms with Crippen molar-refractivity contribution in [3.05, 3.63) is 46.5 Å². The van der Waals surface area contributed by atoms with Gasteiger partial charge in [-0.25, -0.2) is 9.97 Å². The fourth-order valence-corrected chi connectivity index (χ4v) is 4.57. The zero-order valence-electron chi connectivity index (χ0n) is 17.3. The highest BCUT2D eigenvalue weighted by atomic mass is 16.1. The first-order valence-corrected chi connectivity index (χ1v) is 10.8. The minimum Gasteiger partial charge on any atom is -0.369 e. The van der Waals surface area contributed by atoms with Gasteiger partial charge in [0.2, 0.25) is 5.95 Å². The number of pyridine rings is 2. The number of aryl methyl sites for hydroxylation is 1. The number of hydrogen-bond acceptors (Lipinski definition) is 7. The Bertz CT molecular complexity index is 1110. The Hall–Kier alpha value is -3.00. The summed E-state index contributed by atoms with van der Waals surface area (Å²) >= 11 is 0. The Morgan fingerprint density at radius 1 is 1.13 bits per heavy atom. The van der Waals surface area contributed by atoms with Crippen LogP contribution in [0.15, 0.2) is 35.4 Å². The van der Waals surface area contributed by atoms with Crippen molar-refractivity contribution in [1.82, 2.24) is 24.8 Å². The summed E-state index contributed by atoms with van der Waals surface area (Å²) in [4.78, 5) is 28.8. The fraction of sp³-hybridized carbons (Fsp3) is 0.455. The number of fused-ring (bicyclic) bond motifs is 1. The topological polar surface area (TPSA) is 88.0 Å². The molecule has 8 nitrogen and oxygen atoms in total. The molecule has 0 radical (unpaired) electrons. The van der Waals surface area contributed by atoms with Gasteiger partial charge >= 0.3 is 0 Å². The van der Waals surface area contributed by atoms with Crippen molar-refractivity contribution in [1.29, 1.82) is 0 Å². The molecule has 0 spiro atoms. The SMILES string of the molecule is Cc1cc(=O)n(C2CCCC2)c2nc(Nc3cc(N4CCNCC4)ccn3)ncc12. The van der Waals surface area contributed by atoms with E-state index in [0.717, 1.165) is 68.5 Å². The van der Waals surface area contributed by atoms with Gasteiger partial charge in [0.05, 0.1) is 0 Å². The summed E-state index contributed by atoms with van der Waals surface area (Å²) < 4.78 is 1.87. The van der Waals surface area contributed by atoms with E-state index >= 15 is 0 Å². The van der Waals surface area contributed by atoms with E-state index in [4.69, 9.17) is 4.98 Å². The van der Waals surface area contributed by atoms with Crippen LogP contribution >= 0.6 is 0 Å². The zero-order chi connectivity index (χ0) is 20.5. The maximum Gasteiger partial charge on any atom is 0.252 e. The van der Waals surface area contributed by atoms with Gasteiger partial charge in [-0.1, -0.05) is 12.8 Å². The maximum absolute atomic E-state index is 12.8. The van der Waals surface area contributed by atoms with Crippen LogP contribution < -0.4 is 21.1 Å². The van der Waals surface area contributed by atoms with Crippen LogP contribution in [-0.2, 0) is 0 Å². The molecule has 5 rings (SSSR count). The highest BCUT2D eigenvalue weighted by Crippen LogP contribution is 2.31. The molecule has 4 heterocycles. The molecular weight excluding hydrogens is 378 g/mol. The van der Waals surface area contributed by atoms with Crippen molar-refractivity contribution >= 4 is 28.5 Å². The molecule has 0 unspecified atom stereocenters. The monoisotopic (exact) mass is 405 g/mol. The van der Waals surface area contributed by atoms with Crippen LogP contribution in [0.5, 0.6) is 0 Å². The quantitative estimate of drug-likeness (QED) is 0.690. The molecule has 0 atom stereocenters. The van der Waals surface area contributed by atoms with Gasteiger partial charge < -0.3 is 15.5 Å². The molecule has 3 aromatic heterocycles. The maximum atomic E-state index is 12.8. The molecule has 3 aromatic rings. The first kappa shape index (κ1) is 19.0. The molecule has 1 saturated carbocycles. The lowest BCUT2D eigenvalue weighted by atomic mass is 10.1. The molecule has 2 N–H and O–H groups in total. The van der Waals surface area contributed by atoms with Crippen molar-refractivity contribution in [3.63, 3.8) is 0 Å². The predicted molar refractivity (Wildman–Crippen MR) is 119 cm³/mol. The van der Waals surface area contributed by atoms with Gasteiger partial charge in [-0.15, -0.1) is 0 Å². The second-order valence-corrected chi connectivity index (χ2v) is 8.17. The summed E-state index contributed by atoms with van der Waals surface area (Å²) in [5.41, 5.74) is 2.78. The summed E-state index contributed by atoms with van der Waals surface area (Å²) in [5.74, 6) is 1.16. The number of nitrogens with one attached hydrogen (secondary N) is 2. The van der Waals surface area contributed by atoms with Gasteiger partial charge in [0.15, 0.2) is 0 Å². The second-order valence-electron chi connectivity index (χ2n) is 8.17. The largest absolute Gasteiger partial charge is 0.369 e. The summed E-state index contributed by atoms with van der Waals surface area (Å²) in [6.45, 7) is 5.86. The highest BCUT2D eigenvalue weighted by molar-refractivity contribution is 5.79. The third kappa shape index (κ3) is 3.63. The lowest BCUT2D eigenvalue weighted by molar-refractivity contribution is 0.515. The van der Waals surface area contributed by atoms with E-state index in [1.165, 1.54) is 0 Å². The van der Waals surface area contributed by atoms with Gasteiger partial charge in [0.25, 0.3) is 5.56 Å². The molecule has 2 fully saturated rings. The average molecular weight is 406 g/mol. The van der Waals surface area contributed by atoms with E-state index < -0.39 is 0 Å². The van der Waals surface area contributed by atoms with Crippen molar-refractivity contribution in [2.45, 2.75) is 38.6 Å². The summed E-state index contributed by atoms with van der Waals surface area (Å²) in [6.07, 6.45) is 7.99. The van der Waals surface area contributed by atoms with E-state index in [1.807, 2.05) is 29.8 Å². The number of anilines is 3. The molecule has 30 heavy (non-hydrogen) atoms. The van der Waals surface area contributed by atoms with Crippen LogP contribution in [0.25, 0.3) is 11.0 Å². The Kier molecular flexibility index (Phi) is 5.08. The van der Waals surface area contributed by atoms with Crippen LogP contribution in [0.4, 0.5) is 17.5 Å². The third-order valence-corrected chi connectivity index (χ3v) is 6.15. The van der Waals surface area contributed by atoms with Crippen molar-refractivity contribution < 1.29 is 0 Å². The fourth-order valence-electron chi connectivity index (χ4n) is 4.57. The van der Waals surface area contributed by atoms with Gasteiger partial charge in [-0.05, 0) is 31.4 Å². The van der Waals surface area contributed by atoms with Gasteiger partial charge in [-0.2, -0.15) is 4.98 Å². The van der Waals surface area contributed by atoms with Crippen LogP contribution in [0.3, 0.4) is 0 Å². The summed E-state index contributed by atoms with van der Waals surface area (Å²) in [5, 5.41) is 7.54. The Balaban J connectivity index is 1.49.